The Bertz CT molecular complexity index is 882. The van der Waals surface area contributed by atoms with E-state index in [-0.39, 0.29) is 5.69 Å². The van der Waals surface area contributed by atoms with Gasteiger partial charge < -0.3 is 5.73 Å². The van der Waals surface area contributed by atoms with Crippen LogP contribution < -0.4 is 5.73 Å². The molecule has 0 aliphatic rings. The summed E-state index contributed by atoms with van der Waals surface area (Å²) in [6, 6.07) is 14.3. The van der Waals surface area contributed by atoms with E-state index in [0.29, 0.717) is 5.82 Å². The van der Waals surface area contributed by atoms with Crippen LogP contribution in [0.1, 0.15) is 5.56 Å². The summed E-state index contributed by atoms with van der Waals surface area (Å²) in [5, 5.41) is 15.3. The predicted octanol–water partition coefficient (Wildman–Crippen LogP) is 3.55. The number of aromatic nitrogens is 2. The van der Waals surface area contributed by atoms with Gasteiger partial charge in [0, 0.05) is 24.7 Å². The van der Waals surface area contributed by atoms with Crippen molar-refractivity contribution in [2.45, 2.75) is 6.92 Å². The van der Waals surface area contributed by atoms with Gasteiger partial charge in [0.15, 0.2) is 0 Å². The molecule has 23 heavy (non-hydrogen) atoms. The second-order valence-corrected chi connectivity index (χ2v) is 5.41. The fraction of sp³-hybridized carbons (Fsp3) is 0.118. The highest BCUT2D eigenvalue weighted by Crippen LogP contribution is 2.36. The number of rotatable bonds is 3. The lowest BCUT2D eigenvalue weighted by Gasteiger charge is -2.05. The molecule has 1 heterocycles. The molecule has 0 aliphatic carbocycles. The first-order valence-electron chi connectivity index (χ1n) is 7.11. The van der Waals surface area contributed by atoms with Gasteiger partial charge in [-0.25, -0.2) is 0 Å². The molecule has 0 fully saturated rings. The zero-order valence-corrected chi connectivity index (χ0v) is 12.9. The third-order valence-corrected chi connectivity index (χ3v) is 3.75. The highest BCUT2D eigenvalue weighted by Gasteiger charge is 2.18. The molecule has 2 aromatic carbocycles. The SMILES string of the molecule is Cc1cccc(-c2nn(C)c(N)c2-c2ccc([N+](=O)[O-])cc2)c1. The average molecular weight is 308 g/mol. The number of hydrogen-bond acceptors (Lipinski definition) is 4. The predicted molar refractivity (Wildman–Crippen MR) is 89.9 cm³/mol. The number of nitro benzene ring substituents is 1. The van der Waals surface area contributed by atoms with E-state index in [2.05, 4.69) is 5.10 Å². The largest absolute Gasteiger partial charge is 0.383 e. The van der Waals surface area contributed by atoms with Crippen LogP contribution in [0, 0.1) is 17.0 Å². The van der Waals surface area contributed by atoms with Crippen LogP contribution in [0.4, 0.5) is 11.5 Å². The van der Waals surface area contributed by atoms with E-state index in [1.807, 2.05) is 31.2 Å². The summed E-state index contributed by atoms with van der Waals surface area (Å²) < 4.78 is 1.62. The van der Waals surface area contributed by atoms with E-state index in [1.165, 1.54) is 12.1 Å². The van der Waals surface area contributed by atoms with Gasteiger partial charge in [-0.15, -0.1) is 0 Å². The second kappa shape index (κ2) is 5.57. The van der Waals surface area contributed by atoms with E-state index >= 15 is 0 Å². The monoisotopic (exact) mass is 308 g/mol. The summed E-state index contributed by atoms with van der Waals surface area (Å²) in [6.45, 7) is 2.02. The molecule has 1 aromatic heterocycles. The molecule has 6 nitrogen and oxygen atoms in total. The maximum absolute atomic E-state index is 10.8. The minimum Gasteiger partial charge on any atom is -0.383 e. The molecule has 0 aliphatic heterocycles. The molecular formula is C17H16N4O2. The van der Waals surface area contributed by atoms with Gasteiger partial charge in [-0.2, -0.15) is 5.10 Å². The zero-order chi connectivity index (χ0) is 16.6. The zero-order valence-electron chi connectivity index (χ0n) is 12.9. The summed E-state index contributed by atoms with van der Waals surface area (Å²) in [5.74, 6) is 0.523. The molecule has 0 radical (unpaired) electrons. The number of nitrogen functional groups attached to an aromatic ring is 1. The van der Waals surface area contributed by atoms with Crippen molar-refractivity contribution in [2.24, 2.45) is 7.05 Å². The second-order valence-electron chi connectivity index (χ2n) is 5.41. The highest BCUT2D eigenvalue weighted by atomic mass is 16.6. The number of benzene rings is 2. The highest BCUT2D eigenvalue weighted by molar-refractivity contribution is 5.88. The first kappa shape index (κ1) is 14.8. The molecule has 0 unspecified atom stereocenters. The van der Waals surface area contributed by atoms with E-state index in [4.69, 9.17) is 5.73 Å². The van der Waals surface area contributed by atoms with Crippen molar-refractivity contribution in [1.29, 1.82) is 0 Å². The Hall–Kier alpha value is -3.15. The Morgan fingerprint density at radius 2 is 1.83 bits per heavy atom. The maximum Gasteiger partial charge on any atom is 0.269 e. The molecule has 0 spiro atoms. The molecule has 0 atom stereocenters. The minimum atomic E-state index is -0.419. The Morgan fingerprint density at radius 1 is 1.13 bits per heavy atom. The van der Waals surface area contributed by atoms with Crippen molar-refractivity contribution < 1.29 is 4.92 Å². The van der Waals surface area contributed by atoms with Gasteiger partial charge in [0.05, 0.1) is 10.5 Å². The van der Waals surface area contributed by atoms with E-state index < -0.39 is 4.92 Å². The summed E-state index contributed by atoms with van der Waals surface area (Å²) >= 11 is 0. The Kier molecular flexibility index (Phi) is 3.57. The third-order valence-electron chi connectivity index (χ3n) is 3.75. The third kappa shape index (κ3) is 2.66. The van der Waals surface area contributed by atoms with Gasteiger partial charge in [0.1, 0.15) is 11.5 Å². The number of nitro groups is 1. The van der Waals surface area contributed by atoms with E-state index in [1.54, 1.807) is 23.9 Å². The van der Waals surface area contributed by atoms with Gasteiger partial charge in [-0.05, 0) is 30.7 Å². The number of hydrogen-bond donors (Lipinski definition) is 1. The number of anilines is 1. The first-order chi connectivity index (χ1) is 11.0. The average Bonchev–Trinajstić information content (AvgIpc) is 2.83. The van der Waals surface area contributed by atoms with Crippen molar-refractivity contribution in [3.63, 3.8) is 0 Å². The maximum atomic E-state index is 10.8. The first-order valence-corrected chi connectivity index (χ1v) is 7.11. The molecule has 3 rings (SSSR count). The van der Waals surface area contributed by atoms with Gasteiger partial charge >= 0.3 is 0 Å². The van der Waals surface area contributed by atoms with Crippen molar-refractivity contribution >= 4 is 11.5 Å². The topological polar surface area (TPSA) is 87.0 Å². The fourth-order valence-corrected chi connectivity index (χ4v) is 2.57. The Balaban J connectivity index is 2.17. The molecule has 2 N–H and O–H groups in total. The normalized spacial score (nSPS) is 10.7. The molecular weight excluding hydrogens is 292 g/mol. The fourth-order valence-electron chi connectivity index (χ4n) is 2.57. The standard InChI is InChI=1S/C17H16N4O2/c1-11-4-3-5-13(10-11)16-15(17(18)20(2)19-16)12-6-8-14(9-7-12)21(22)23/h3-10H,18H2,1-2H3. The van der Waals surface area contributed by atoms with E-state index in [0.717, 1.165) is 27.9 Å². The number of nitrogens with zero attached hydrogens (tertiary/aromatic N) is 3. The number of non-ortho nitro benzene ring substituents is 1. The summed E-state index contributed by atoms with van der Waals surface area (Å²) in [6.07, 6.45) is 0. The molecule has 0 amide bonds. The van der Waals surface area contributed by atoms with Crippen LogP contribution in [0.25, 0.3) is 22.4 Å². The van der Waals surface area contributed by atoms with Gasteiger partial charge in [-0.1, -0.05) is 23.8 Å². The van der Waals surface area contributed by atoms with Crippen LogP contribution in [0.15, 0.2) is 48.5 Å². The molecule has 0 saturated heterocycles. The molecule has 6 heteroatoms. The Labute approximate surface area is 133 Å². The van der Waals surface area contributed by atoms with Crippen LogP contribution in [-0.2, 0) is 7.05 Å². The summed E-state index contributed by atoms with van der Waals surface area (Å²) in [4.78, 5) is 10.4. The lowest BCUT2D eigenvalue weighted by Crippen LogP contribution is -1.98. The summed E-state index contributed by atoms with van der Waals surface area (Å²) in [7, 11) is 1.78. The molecule has 116 valence electrons. The van der Waals surface area contributed by atoms with Crippen LogP contribution in [-0.4, -0.2) is 14.7 Å². The van der Waals surface area contributed by atoms with Crippen molar-refractivity contribution in [1.82, 2.24) is 9.78 Å². The minimum absolute atomic E-state index is 0.0494. The quantitative estimate of drug-likeness (QED) is 0.592. The lowest BCUT2D eigenvalue weighted by molar-refractivity contribution is -0.384. The molecule has 3 aromatic rings. The van der Waals surface area contributed by atoms with Gasteiger partial charge in [0.25, 0.3) is 5.69 Å². The van der Waals surface area contributed by atoms with Crippen LogP contribution in [0.2, 0.25) is 0 Å². The van der Waals surface area contributed by atoms with Crippen LogP contribution in [0.3, 0.4) is 0 Å². The lowest BCUT2D eigenvalue weighted by atomic mass is 9.99. The number of nitrogens with two attached hydrogens (primary N) is 1. The van der Waals surface area contributed by atoms with Crippen molar-refractivity contribution in [2.75, 3.05) is 5.73 Å². The smallest absolute Gasteiger partial charge is 0.269 e. The van der Waals surface area contributed by atoms with E-state index in [9.17, 15) is 10.1 Å². The van der Waals surface area contributed by atoms with Crippen molar-refractivity contribution in [3.8, 4) is 22.4 Å². The molecule has 0 bridgehead atoms. The van der Waals surface area contributed by atoms with Gasteiger partial charge in [0.2, 0.25) is 0 Å². The van der Waals surface area contributed by atoms with Crippen molar-refractivity contribution in [3.05, 3.63) is 64.2 Å². The molecule has 0 saturated carbocycles. The number of aryl methyl sites for hydroxylation is 2. The van der Waals surface area contributed by atoms with Gasteiger partial charge in [-0.3, -0.25) is 14.8 Å². The Morgan fingerprint density at radius 3 is 2.43 bits per heavy atom. The summed E-state index contributed by atoms with van der Waals surface area (Å²) in [5.41, 5.74) is 10.7. The van der Waals surface area contributed by atoms with Crippen LogP contribution >= 0.6 is 0 Å². The van der Waals surface area contributed by atoms with Crippen LogP contribution in [0.5, 0.6) is 0 Å².